The molecule has 10 nitrogen and oxygen atoms in total. The molecule has 0 spiro atoms. The average Bonchev–Trinajstić information content (AvgIpc) is 3.26. The lowest BCUT2D eigenvalue weighted by atomic mass is 10.0. The molecule has 1 fully saturated rings. The first kappa shape index (κ1) is 28.6. The Labute approximate surface area is 228 Å². The van der Waals surface area contributed by atoms with Crippen molar-refractivity contribution < 1.29 is 32.3 Å². The first-order valence-electron chi connectivity index (χ1n) is 13.0. The maximum atomic E-state index is 13.3. The highest BCUT2D eigenvalue weighted by atomic mass is 32.2. The van der Waals surface area contributed by atoms with Gasteiger partial charge < -0.3 is 24.9 Å². The Morgan fingerprint density at radius 1 is 1.15 bits per heavy atom. The molecule has 0 aliphatic carbocycles. The van der Waals surface area contributed by atoms with Crippen molar-refractivity contribution in [3.05, 3.63) is 60.4 Å². The van der Waals surface area contributed by atoms with Crippen molar-refractivity contribution in [3.8, 4) is 5.75 Å². The number of carbonyl (C=O) groups is 2. The van der Waals surface area contributed by atoms with E-state index in [-0.39, 0.29) is 29.7 Å². The Morgan fingerprint density at radius 3 is 2.64 bits per heavy atom. The first-order valence-corrected chi connectivity index (χ1v) is 14.4. The van der Waals surface area contributed by atoms with Gasteiger partial charge in [-0.25, -0.2) is 8.42 Å². The topological polar surface area (TPSA) is 138 Å². The number of para-hydroxylation sites is 1. The summed E-state index contributed by atoms with van der Waals surface area (Å²) in [4.78, 5) is 26.3. The molecule has 39 heavy (non-hydrogen) atoms. The van der Waals surface area contributed by atoms with Crippen LogP contribution in [0.15, 0.2) is 63.9 Å². The standard InChI is InChI=1S/C28H35N3O7S/c1-18(2)14-23(30-28(34)26-15-19-8-4-5-12-25(19)38-26)27(33)29-22-11-7-13-31(17-24(22)32)39(35,36)21-10-6-9-20(16-21)37-3/h4-6,8-10,12,15-16,18,22-24,32H,7,11,13-14,17H2,1-3H3,(H,29,33)(H,30,34)/t22?,23?,24-/m0/s1. The monoisotopic (exact) mass is 557 g/mol. The van der Waals surface area contributed by atoms with Gasteiger partial charge in [0, 0.05) is 24.5 Å². The van der Waals surface area contributed by atoms with E-state index in [0.29, 0.717) is 30.6 Å². The molecule has 1 aromatic heterocycles. The highest BCUT2D eigenvalue weighted by Gasteiger charge is 2.35. The van der Waals surface area contributed by atoms with E-state index in [1.54, 1.807) is 24.3 Å². The number of amides is 2. The lowest BCUT2D eigenvalue weighted by molar-refractivity contribution is -0.125. The molecule has 0 radical (unpaired) electrons. The van der Waals surface area contributed by atoms with Crippen LogP contribution in [0.5, 0.6) is 5.75 Å². The number of furan rings is 1. The molecule has 3 N–H and O–H groups in total. The highest BCUT2D eigenvalue weighted by Crippen LogP contribution is 2.24. The van der Waals surface area contributed by atoms with Crippen molar-refractivity contribution >= 4 is 32.8 Å². The van der Waals surface area contributed by atoms with Gasteiger partial charge >= 0.3 is 0 Å². The van der Waals surface area contributed by atoms with Crippen LogP contribution in [0.25, 0.3) is 11.0 Å². The number of carbonyl (C=O) groups excluding carboxylic acids is 2. The van der Waals surface area contributed by atoms with Gasteiger partial charge in [0.2, 0.25) is 15.9 Å². The summed E-state index contributed by atoms with van der Waals surface area (Å²) in [5, 5.41) is 17.3. The van der Waals surface area contributed by atoms with Crippen LogP contribution in [0.4, 0.5) is 0 Å². The van der Waals surface area contributed by atoms with Gasteiger partial charge in [-0.05, 0) is 49.4 Å². The molecule has 1 aliphatic rings. The SMILES string of the molecule is COc1cccc(S(=O)(=O)N2CCCC(NC(=O)C(CC(C)C)NC(=O)c3cc4ccccc4o3)[C@@H](O)C2)c1. The minimum atomic E-state index is -3.88. The van der Waals surface area contributed by atoms with Crippen molar-refractivity contribution in [3.63, 3.8) is 0 Å². The number of rotatable bonds is 9. The molecule has 1 saturated heterocycles. The quantitative estimate of drug-likeness (QED) is 0.368. The number of nitrogens with zero attached hydrogens (tertiary/aromatic N) is 1. The molecular formula is C28H35N3O7S. The molecule has 4 rings (SSSR count). The van der Waals surface area contributed by atoms with Crippen LogP contribution < -0.4 is 15.4 Å². The third kappa shape index (κ3) is 6.78. The number of hydrogen-bond donors (Lipinski definition) is 3. The Kier molecular flexibility index (Phi) is 8.94. The van der Waals surface area contributed by atoms with Crippen molar-refractivity contribution in [2.24, 2.45) is 5.92 Å². The molecule has 3 atom stereocenters. The van der Waals surface area contributed by atoms with E-state index in [1.165, 1.54) is 23.5 Å². The maximum Gasteiger partial charge on any atom is 0.287 e. The van der Waals surface area contributed by atoms with E-state index in [9.17, 15) is 23.1 Å². The maximum absolute atomic E-state index is 13.3. The van der Waals surface area contributed by atoms with Gasteiger partial charge in [0.05, 0.1) is 24.2 Å². The number of fused-ring (bicyclic) bond motifs is 1. The molecule has 1 aliphatic heterocycles. The lowest BCUT2D eigenvalue weighted by Crippen LogP contribution is -2.54. The summed E-state index contributed by atoms with van der Waals surface area (Å²) < 4.78 is 38.5. The summed E-state index contributed by atoms with van der Waals surface area (Å²) in [5.74, 6) is -0.340. The zero-order valence-corrected chi connectivity index (χ0v) is 23.1. The molecule has 3 aromatic rings. The van der Waals surface area contributed by atoms with Gasteiger partial charge in [-0.2, -0.15) is 4.31 Å². The van der Waals surface area contributed by atoms with Crippen LogP contribution in [0.3, 0.4) is 0 Å². The summed E-state index contributed by atoms with van der Waals surface area (Å²) in [6.07, 6.45) is 0.0494. The van der Waals surface area contributed by atoms with Gasteiger partial charge in [0.25, 0.3) is 5.91 Å². The third-order valence-electron chi connectivity index (χ3n) is 6.76. The van der Waals surface area contributed by atoms with E-state index in [2.05, 4.69) is 10.6 Å². The van der Waals surface area contributed by atoms with E-state index >= 15 is 0 Å². The predicted molar refractivity (Wildman–Crippen MR) is 146 cm³/mol. The zero-order chi connectivity index (χ0) is 28.2. The van der Waals surface area contributed by atoms with Crippen molar-refractivity contribution in [2.45, 2.75) is 56.2 Å². The Balaban J connectivity index is 1.44. The Hall–Kier alpha value is -3.41. The Morgan fingerprint density at radius 2 is 1.92 bits per heavy atom. The fraction of sp³-hybridized carbons (Fsp3) is 0.429. The van der Waals surface area contributed by atoms with E-state index in [1.807, 2.05) is 32.0 Å². The van der Waals surface area contributed by atoms with Crippen LogP contribution >= 0.6 is 0 Å². The van der Waals surface area contributed by atoms with Gasteiger partial charge in [-0.3, -0.25) is 9.59 Å². The third-order valence-corrected chi connectivity index (χ3v) is 8.62. The summed E-state index contributed by atoms with van der Waals surface area (Å²) in [6.45, 7) is 3.90. The van der Waals surface area contributed by atoms with E-state index in [0.717, 1.165) is 5.39 Å². The molecule has 2 unspecified atom stereocenters. The lowest BCUT2D eigenvalue weighted by Gasteiger charge is -2.27. The predicted octanol–water partition coefficient (Wildman–Crippen LogP) is 2.92. The number of methoxy groups -OCH3 is 1. The van der Waals surface area contributed by atoms with Crippen LogP contribution in [-0.2, 0) is 14.8 Å². The number of sulfonamides is 1. The second-order valence-electron chi connectivity index (χ2n) is 10.2. The van der Waals surface area contributed by atoms with Crippen molar-refractivity contribution in [1.29, 1.82) is 0 Å². The molecule has 0 bridgehead atoms. The van der Waals surface area contributed by atoms with Crippen molar-refractivity contribution in [2.75, 3.05) is 20.2 Å². The van der Waals surface area contributed by atoms with Gasteiger partial charge in [0.15, 0.2) is 5.76 Å². The molecular weight excluding hydrogens is 522 g/mol. The van der Waals surface area contributed by atoms with Gasteiger partial charge in [0.1, 0.15) is 17.4 Å². The Bertz CT molecular complexity index is 1390. The molecule has 11 heteroatoms. The number of aliphatic hydroxyl groups is 1. The number of ether oxygens (including phenoxy) is 1. The van der Waals surface area contributed by atoms with E-state index in [4.69, 9.17) is 9.15 Å². The average molecular weight is 558 g/mol. The largest absolute Gasteiger partial charge is 0.497 e. The van der Waals surface area contributed by atoms with Crippen molar-refractivity contribution in [1.82, 2.24) is 14.9 Å². The summed E-state index contributed by atoms with van der Waals surface area (Å²) in [7, 11) is -2.42. The normalized spacial score (nSPS) is 19.4. The number of hydrogen-bond acceptors (Lipinski definition) is 7. The number of aliphatic hydroxyl groups excluding tert-OH is 1. The molecule has 2 heterocycles. The fourth-order valence-electron chi connectivity index (χ4n) is 4.71. The highest BCUT2D eigenvalue weighted by molar-refractivity contribution is 7.89. The molecule has 2 aromatic carbocycles. The number of nitrogens with one attached hydrogen (secondary N) is 2. The minimum absolute atomic E-state index is 0.0711. The second kappa shape index (κ2) is 12.2. The van der Waals surface area contributed by atoms with Gasteiger partial charge in [-0.1, -0.05) is 38.1 Å². The first-order chi connectivity index (χ1) is 18.6. The molecule has 210 valence electrons. The van der Waals surface area contributed by atoms with E-state index < -0.39 is 40.0 Å². The van der Waals surface area contributed by atoms with Gasteiger partial charge in [-0.15, -0.1) is 0 Å². The van der Waals surface area contributed by atoms with Crippen LogP contribution in [0.2, 0.25) is 0 Å². The smallest absolute Gasteiger partial charge is 0.287 e. The fourth-order valence-corrected chi connectivity index (χ4v) is 6.25. The summed E-state index contributed by atoms with van der Waals surface area (Å²) >= 11 is 0. The summed E-state index contributed by atoms with van der Waals surface area (Å²) in [5.41, 5.74) is 0.572. The molecule has 2 amide bonds. The number of β-amino-alcohol motifs (C(OH)–C–C–N with tert-alkyl or cyclic N) is 1. The van der Waals surface area contributed by atoms with Crippen LogP contribution in [0, 0.1) is 5.92 Å². The van der Waals surface area contributed by atoms with Crippen LogP contribution in [-0.4, -0.2) is 68.0 Å². The minimum Gasteiger partial charge on any atom is -0.497 e. The summed E-state index contributed by atoms with van der Waals surface area (Å²) in [6, 6.07) is 13.5. The zero-order valence-electron chi connectivity index (χ0n) is 22.3. The number of benzene rings is 2. The van der Waals surface area contributed by atoms with Crippen LogP contribution in [0.1, 0.15) is 43.7 Å². The second-order valence-corrected chi connectivity index (χ2v) is 12.1. The molecule has 0 saturated carbocycles.